The van der Waals surface area contributed by atoms with E-state index in [0.717, 1.165) is 25.4 Å². The van der Waals surface area contributed by atoms with Crippen molar-refractivity contribution in [1.29, 1.82) is 0 Å². The lowest BCUT2D eigenvalue weighted by molar-refractivity contribution is 0.478. The summed E-state index contributed by atoms with van der Waals surface area (Å²) >= 11 is 0. The van der Waals surface area contributed by atoms with Crippen molar-refractivity contribution in [3.8, 4) is 0 Å². The summed E-state index contributed by atoms with van der Waals surface area (Å²) in [6, 6.07) is 10.8. The van der Waals surface area contributed by atoms with Gasteiger partial charge in [0, 0.05) is 0 Å². The summed E-state index contributed by atoms with van der Waals surface area (Å²) in [6.45, 7) is 10.4. The Hall–Kier alpha value is -1.34. The van der Waals surface area contributed by atoms with Crippen LogP contribution in [0.15, 0.2) is 54.6 Å². The van der Waals surface area contributed by atoms with Gasteiger partial charge in [-0.2, -0.15) is 0 Å². The second kappa shape index (κ2) is 10.4. The van der Waals surface area contributed by atoms with Gasteiger partial charge in [-0.1, -0.05) is 61.6 Å². The molecule has 0 fully saturated rings. The second-order valence-electron chi connectivity index (χ2n) is 5.50. The van der Waals surface area contributed by atoms with E-state index in [4.69, 9.17) is 0 Å². The number of benzene rings is 1. The van der Waals surface area contributed by atoms with Crippen LogP contribution in [-0.2, 0) is 6.42 Å². The van der Waals surface area contributed by atoms with E-state index in [-0.39, 0.29) is 0 Å². The predicted octanol–water partition coefficient (Wildman–Crippen LogP) is 4.76. The lowest BCUT2D eigenvalue weighted by Crippen LogP contribution is -2.22. The van der Waals surface area contributed by atoms with Crippen molar-refractivity contribution >= 4 is 0 Å². The van der Waals surface area contributed by atoms with Crippen LogP contribution in [0.5, 0.6) is 0 Å². The first kappa shape index (κ1) is 16.7. The number of hydrogen-bond donors (Lipinski definition) is 1. The minimum Gasteiger partial charge on any atom is -0.316 e. The molecule has 1 atom stereocenters. The molecular formula is C19H29N. The monoisotopic (exact) mass is 271 g/mol. The highest BCUT2D eigenvalue weighted by Crippen LogP contribution is 2.09. The fourth-order valence-electron chi connectivity index (χ4n) is 2.29. The molecule has 0 bridgehead atoms. The van der Waals surface area contributed by atoms with Gasteiger partial charge in [0.2, 0.25) is 0 Å². The van der Waals surface area contributed by atoms with Crippen LogP contribution in [0.4, 0.5) is 0 Å². The fraction of sp³-hybridized carbons (Fsp3) is 0.474. The van der Waals surface area contributed by atoms with Crippen molar-refractivity contribution < 1.29 is 0 Å². The van der Waals surface area contributed by atoms with Crippen LogP contribution >= 0.6 is 0 Å². The SMILES string of the molecule is C=C/C(=C\C)CCCNCC(C)CCc1ccccc1. The first-order chi connectivity index (χ1) is 9.76. The van der Waals surface area contributed by atoms with Gasteiger partial charge in [-0.05, 0) is 57.2 Å². The molecule has 20 heavy (non-hydrogen) atoms. The number of allylic oxidation sites excluding steroid dienone is 3. The number of hydrogen-bond acceptors (Lipinski definition) is 1. The minimum atomic E-state index is 0.732. The van der Waals surface area contributed by atoms with Crippen LogP contribution < -0.4 is 5.32 Å². The molecule has 1 heteroatoms. The third-order valence-electron chi connectivity index (χ3n) is 3.71. The molecule has 0 amide bonds. The summed E-state index contributed by atoms with van der Waals surface area (Å²) in [5.74, 6) is 0.732. The van der Waals surface area contributed by atoms with Gasteiger partial charge in [0.15, 0.2) is 0 Å². The van der Waals surface area contributed by atoms with Crippen molar-refractivity contribution in [2.45, 2.75) is 39.5 Å². The normalized spacial score (nSPS) is 13.2. The Balaban J connectivity index is 2.06. The number of rotatable bonds is 10. The summed E-state index contributed by atoms with van der Waals surface area (Å²) in [4.78, 5) is 0. The van der Waals surface area contributed by atoms with E-state index in [0.29, 0.717) is 0 Å². The third kappa shape index (κ3) is 7.30. The molecule has 0 saturated heterocycles. The molecule has 1 aromatic carbocycles. The Labute approximate surface area is 124 Å². The molecule has 1 N–H and O–H groups in total. The molecule has 0 aliphatic carbocycles. The largest absolute Gasteiger partial charge is 0.316 e. The van der Waals surface area contributed by atoms with Gasteiger partial charge in [-0.3, -0.25) is 0 Å². The van der Waals surface area contributed by atoms with Crippen molar-refractivity contribution in [2.24, 2.45) is 5.92 Å². The highest BCUT2D eigenvalue weighted by atomic mass is 14.8. The molecule has 0 aliphatic rings. The third-order valence-corrected chi connectivity index (χ3v) is 3.71. The van der Waals surface area contributed by atoms with Gasteiger partial charge >= 0.3 is 0 Å². The maximum Gasteiger partial charge on any atom is -0.00230 e. The molecular weight excluding hydrogens is 242 g/mol. The van der Waals surface area contributed by atoms with Crippen LogP contribution in [0.3, 0.4) is 0 Å². The number of aryl methyl sites for hydroxylation is 1. The average molecular weight is 271 g/mol. The Morgan fingerprint density at radius 1 is 1.30 bits per heavy atom. The van der Waals surface area contributed by atoms with Crippen LogP contribution in [0, 0.1) is 5.92 Å². The fourth-order valence-corrected chi connectivity index (χ4v) is 2.29. The van der Waals surface area contributed by atoms with Crippen LogP contribution in [0.25, 0.3) is 0 Å². The Morgan fingerprint density at radius 3 is 2.70 bits per heavy atom. The summed E-state index contributed by atoms with van der Waals surface area (Å²) in [5, 5.41) is 3.56. The minimum absolute atomic E-state index is 0.732. The molecule has 0 aliphatic heterocycles. The molecule has 1 rings (SSSR count). The maximum absolute atomic E-state index is 3.82. The van der Waals surface area contributed by atoms with Gasteiger partial charge in [-0.25, -0.2) is 0 Å². The maximum atomic E-state index is 3.82. The summed E-state index contributed by atoms with van der Waals surface area (Å²) in [6.07, 6.45) is 8.87. The lowest BCUT2D eigenvalue weighted by Gasteiger charge is -2.12. The number of nitrogens with one attached hydrogen (secondary N) is 1. The second-order valence-corrected chi connectivity index (χ2v) is 5.50. The van der Waals surface area contributed by atoms with E-state index in [1.54, 1.807) is 0 Å². The van der Waals surface area contributed by atoms with Crippen molar-refractivity contribution in [3.05, 3.63) is 60.2 Å². The Bertz CT molecular complexity index is 391. The van der Waals surface area contributed by atoms with E-state index in [1.807, 2.05) is 6.08 Å². The van der Waals surface area contributed by atoms with E-state index >= 15 is 0 Å². The first-order valence-corrected chi connectivity index (χ1v) is 7.78. The zero-order chi connectivity index (χ0) is 14.6. The highest BCUT2D eigenvalue weighted by molar-refractivity contribution is 5.15. The van der Waals surface area contributed by atoms with E-state index in [2.05, 4.69) is 62.2 Å². The van der Waals surface area contributed by atoms with Crippen LogP contribution in [-0.4, -0.2) is 13.1 Å². The van der Waals surface area contributed by atoms with Crippen molar-refractivity contribution in [3.63, 3.8) is 0 Å². The molecule has 0 aromatic heterocycles. The highest BCUT2D eigenvalue weighted by Gasteiger charge is 2.02. The summed E-state index contributed by atoms with van der Waals surface area (Å²) in [5.41, 5.74) is 2.80. The van der Waals surface area contributed by atoms with E-state index < -0.39 is 0 Å². The predicted molar refractivity (Wildman–Crippen MR) is 90.0 cm³/mol. The zero-order valence-electron chi connectivity index (χ0n) is 13.1. The smallest absolute Gasteiger partial charge is 0.00230 e. The summed E-state index contributed by atoms with van der Waals surface area (Å²) < 4.78 is 0. The van der Waals surface area contributed by atoms with Crippen molar-refractivity contribution in [2.75, 3.05) is 13.1 Å². The van der Waals surface area contributed by atoms with Gasteiger partial charge < -0.3 is 5.32 Å². The molecule has 0 saturated carbocycles. The zero-order valence-corrected chi connectivity index (χ0v) is 13.1. The standard InChI is InChI=1S/C19H29N/c1-4-18(5-2)12-9-15-20-16-17(3)13-14-19-10-7-6-8-11-19/h4-8,10-11,17,20H,1,9,12-16H2,2-3H3/b18-5+. The van der Waals surface area contributed by atoms with E-state index in [1.165, 1.54) is 30.4 Å². The Kier molecular flexibility index (Phi) is 8.73. The van der Waals surface area contributed by atoms with E-state index in [9.17, 15) is 0 Å². The first-order valence-electron chi connectivity index (χ1n) is 7.78. The van der Waals surface area contributed by atoms with Gasteiger partial charge in [-0.15, -0.1) is 0 Å². The average Bonchev–Trinajstić information content (AvgIpc) is 2.50. The van der Waals surface area contributed by atoms with Gasteiger partial charge in [0.25, 0.3) is 0 Å². The van der Waals surface area contributed by atoms with Crippen molar-refractivity contribution in [1.82, 2.24) is 5.32 Å². The van der Waals surface area contributed by atoms with Gasteiger partial charge in [0.05, 0.1) is 0 Å². The molecule has 110 valence electrons. The van der Waals surface area contributed by atoms with Gasteiger partial charge in [0.1, 0.15) is 0 Å². The van der Waals surface area contributed by atoms with Crippen LogP contribution in [0.1, 0.15) is 38.7 Å². The Morgan fingerprint density at radius 2 is 2.05 bits per heavy atom. The molecule has 1 unspecified atom stereocenters. The molecule has 0 spiro atoms. The molecule has 1 nitrogen and oxygen atoms in total. The topological polar surface area (TPSA) is 12.0 Å². The van der Waals surface area contributed by atoms with Crippen LogP contribution in [0.2, 0.25) is 0 Å². The quantitative estimate of drug-likeness (QED) is 0.478. The molecule has 0 heterocycles. The molecule has 0 radical (unpaired) electrons. The summed E-state index contributed by atoms with van der Waals surface area (Å²) in [7, 11) is 0. The lowest BCUT2D eigenvalue weighted by atomic mass is 10.0. The molecule has 1 aromatic rings.